The molecule has 0 bridgehead atoms. The van der Waals surface area contributed by atoms with Crippen LogP contribution >= 0.6 is 12.2 Å². The number of amides is 1. The normalized spacial score (nSPS) is 17.3. The molecule has 0 spiro atoms. The number of hydrogen-bond donors (Lipinski definition) is 2. The van der Waals surface area contributed by atoms with Gasteiger partial charge < -0.3 is 20.1 Å². The van der Waals surface area contributed by atoms with E-state index in [-0.39, 0.29) is 18.0 Å². The number of carbonyl (C=O) groups is 1. The maximum absolute atomic E-state index is 11.9. The van der Waals surface area contributed by atoms with Crippen molar-refractivity contribution in [3.05, 3.63) is 102 Å². The zero-order valence-corrected chi connectivity index (χ0v) is 20.4. The lowest BCUT2D eigenvalue weighted by Gasteiger charge is -2.29. The highest BCUT2D eigenvalue weighted by Crippen LogP contribution is 2.42. The SMILES string of the molecule is CCC(=O)Nc1ccc(N2C(=S)N[C@@H](c3ccccn3)[C@H]2c2cccn2-c2ccccn2)cc1C. The minimum Gasteiger partial charge on any atom is -0.351 e. The highest BCUT2D eigenvalue weighted by Gasteiger charge is 2.42. The van der Waals surface area contributed by atoms with Crippen LogP contribution in [0.1, 0.15) is 42.4 Å². The van der Waals surface area contributed by atoms with Crippen LogP contribution in [0.4, 0.5) is 11.4 Å². The van der Waals surface area contributed by atoms with E-state index in [9.17, 15) is 4.79 Å². The molecule has 5 rings (SSSR count). The number of aryl methyl sites for hydroxylation is 1. The summed E-state index contributed by atoms with van der Waals surface area (Å²) in [4.78, 5) is 23.3. The Morgan fingerprint density at radius 2 is 1.86 bits per heavy atom. The Morgan fingerprint density at radius 3 is 2.54 bits per heavy atom. The van der Waals surface area contributed by atoms with Crippen LogP contribution in [-0.2, 0) is 4.79 Å². The number of aromatic nitrogens is 3. The summed E-state index contributed by atoms with van der Waals surface area (Å²) in [6, 6.07) is 21.5. The molecule has 0 radical (unpaired) electrons. The van der Waals surface area contributed by atoms with Crippen molar-refractivity contribution in [2.45, 2.75) is 32.4 Å². The first-order chi connectivity index (χ1) is 17.1. The second-order valence-corrected chi connectivity index (χ2v) is 8.78. The van der Waals surface area contributed by atoms with Crippen molar-refractivity contribution in [2.24, 2.45) is 0 Å². The van der Waals surface area contributed by atoms with Gasteiger partial charge in [0.15, 0.2) is 5.11 Å². The van der Waals surface area contributed by atoms with Crippen LogP contribution in [0.2, 0.25) is 0 Å². The first-order valence-corrected chi connectivity index (χ1v) is 12.0. The number of benzene rings is 1. The maximum Gasteiger partial charge on any atom is 0.224 e. The van der Waals surface area contributed by atoms with E-state index >= 15 is 0 Å². The number of pyridine rings is 2. The Bertz CT molecular complexity index is 1350. The van der Waals surface area contributed by atoms with Crippen molar-refractivity contribution in [2.75, 3.05) is 10.2 Å². The van der Waals surface area contributed by atoms with Gasteiger partial charge in [0, 0.05) is 42.1 Å². The average Bonchev–Trinajstić information content (AvgIpc) is 3.50. The molecule has 3 aromatic heterocycles. The first-order valence-electron chi connectivity index (χ1n) is 11.6. The molecule has 4 heterocycles. The van der Waals surface area contributed by atoms with E-state index in [0.29, 0.717) is 11.5 Å². The summed E-state index contributed by atoms with van der Waals surface area (Å²) < 4.78 is 2.09. The van der Waals surface area contributed by atoms with Crippen molar-refractivity contribution in [1.29, 1.82) is 0 Å². The lowest BCUT2D eigenvalue weighted by Crippen LogP contribution is -2.30. The van der Waals surface area contributed by atoms with Crippen LogP contribution < -0.4 is 15.5 Å². The van der Waals surface area contributed by atoms with Crippen molar-refractivity contribution in [1.82, 2.24) is 19.9 Å². The molecule has 1 fully saturated rings. The third-order valence-electron chi connectivity index (χ3n) is 6.16. The summed E-state index contributed by atoms with van der Waals surface area (Å²) in [6.07, 6.45) is 6.03. The molecule has 8 heteroatoms. The minimum atomic E-state index is -0.176. The highest BCUT2D eigenvalue weighted by molar-refractivity contribution is 7.80. The van der Waals surface area contributed by atoms with Crippen LogP contribution in [0.5, 0.6) is 0 Å². The van der Waals surface area contributed by atoms with Gasteiger partial charge in [-0.05, 0) is 79.3 Å². The molecule has 35 heavy (non-hydrogen) atoms. The van der Waals surface area contributed by atoms with E-state index in [2.05, 4.69) is 42.2 Å². The maximum atomic E-state index is 11.9. The predicted molar refractivity (Wildman–Crippen MR) is 142 cm³/mol. The third-order valence-corrected chi connectivity index (χ3v) is 6.48. The number of thiocarbonyl (C=S) groups is 1. The second-order valence-electron chi connectivity index (χ2n) is 8.39. The van der Waals surface area contributed by atoms with Gasteiger partial charge in [0.1, 0.15) is 11.9 Å². The van der Waals surface area contributed by atoms with Gasteiger partial charge in [-0.2, -0.15) is 0 Å². The lowest BCUT2D eigenvalue weighted by atomic mass is 10.0. The van der Waals surface area contributed by atoms with Crippen molar-refractivity contribution < 1.29 is 4.79 Å². The summed E-state index contributed by atoms with van der Waals surface area (Å²) in [5.41, 5.74) is 4.64. The van der Waals surface area contributed by atoms with Gasteiger partial charge in [-0.25, -0.2) is 4.98 Å². The van der Waals surface area contributed by atoms with E-state index in [1.807, 2.05) is 74.6 Å². The van der Waals surface area contributed by atoms with E-state index in [4.69, 9.17) is 12.2 Å². The molecule has 2 N–H and O–H groups in total. The number of anilines is 2. The molecular formula is C27H26N6OS. The Kier molecular flexibility index (Phi) is 6.29. The second kappa shape index (κ2) is 9.68. The fourth-order valence-electron chi connectivity index (χ4n) is 4.45. The third kappa shape index (κ3) is 4.40. The molecule has 0 unspecified atom stereocenters. The molecule has 1 aliphatic rings. The molecule has 7 nitrogen and oxygen atoms in total. The summed E-state index contributed by atoms with van der Waals surface area (Å²) in [5, 5.41) is 7.08. The largest absolute Gasteiger partial charge is 0.351 e. The Morgan fingerprint density at radius 1 is 1.06 bits per heavy atom. The quantitative estimate of drug-likeness (QED) is 0.373. The van der Waals surface area contributed by atoms with E-state index < -0.39 is 0 Å². The molecule has 1 aromatic carbocycles. The average molecular weight is 483 g/mol. The zero-order valence-electron chi connectivity index (χ0n) is 19.6. The zero-order chi connectivity index (χ0) is 24.4. The van der Waals surface area contributed by atoms with Gasteiger partial charge in [-0.1, -0.05) is 19.1 Å². The Hall–Kier alpha value is -4.04. The standard InChI is InChI=1S/C27H26N6OS/c1-3-24(34)30-20-13-12-19(17-18(20)2)33-26(25(31-27(33)35)21-9-4-6-14-28-21)22-10-8-16-32(22)23-11-5-7-15-29-23/h4-17,25-26H,3H2,1-2H3,(H,30,34)(H,31,35)/t25-,26+/m0/s1. The van der Waals surface area contributed by atoms with Crippen LogP contribution in [0.3, 0.4) is 0 Å². The minimum absolute atomic E-state index is 0.0134. The van der Waals surface area contributed by atoms with Gasteiger partial charge >= 0.3 is 0 Å². The molecule has 0 aliphatic carbocycles. The monoisotopic (exact) mass is 482 g/mol. The van der Waals surface area contributed by atoms with Gasteiger partial charge in [-0.3, -0.25) is 9.78 Å². The fraction of sp³-hybridized carbons (Fsp3) is 0.185. The van der Waals surface area contributed by atoms with Crippen LogP contribution in [0, 0.1) is 6.92 Å². The number of hydrogen-bond acceptors (Lipinski definition) is 4. The lowest BCUT2D eigenvalue weighted by molar-refractivity contribution is -0.115. The molecular weight excluding hydrogens is 456 g/mol. The summed E-state index contributed by atoms with van der Waals surface area (Å²) >= 11 is 5.87. The molecule has 1 amide bonds. The van der Waals surface area contributed by atoms with Gasteiger partial charge in [-0.15, -0.1) is 0 Å². The van der Waals surface area contributed by atoms with Crippen molar-refractivity contribution >= 4 is 34.6 Å². The van der Waals surface area contributed by atoms with Crippen LogP contribution in [-0.4, -0.2) is 25.6 Å². The molecule has 4 aromatic rings. The van der Waals surface area contributed by atoms with E-state index in [0.717, 1.165) is 34.1 Å². The van der Waals surface area contributed by atoms with Crippen LogP contribution in [0.25, 0.3) is 5.82 Å². The number of rotatable bonds is 6. The van der Waals surface area contributed by atoms with Crippen molar-refractivity contribution in [3.63, 3.8) is 0 Å². The Balaban J connectivity index is 1.61. The molecule has 1 saturated heterocycles. The van der Waals surface area contributed by atoms with Gasteiger partial charge in [0.25, 0.3) is 0 Å². The summed E-state index contributed by atoms with van der Waals surface area (Å²) in [6.45, 7) is 3.83. The predicted octanol–water partition coefficient (Wildman–Crippen LogP) is 5.10. The number of nitrogens with zero attached hydrogens (tertiary/aromatic N) is 4. The van der Waals surface area contributed by atoms with Crippen molar-refractivity contribution in [3.8, 4) is 5.82 Å². The molecule has 1 aliphatic heterocycles. The number of carbonyl (C=O) groups excluding carboxylic acids is 1. The van der Waals surface area contributed by atoms with E-state index in [1.165, 1.54) is 0 Å². The summed E-state index contributed by atoms with van der Waals surface area (Å²) in [7, 11) is 0. The van der Waals surface area contributed by atoms with Gasteiger partial charge in [0.2, 0.25) is 5.91 Å². The smallest absolute Gasteiger partial charge is 0.224 e. The fourth-order valence-corrected chi connectivity index (χ4v) is 4.80. The van der Waals surface area contributed by atoms with Crippen LogP contribution in [0.15, 0.2) is 85.3 Å². The number of nitrogens with one attached hydrogen (secondary N) is 2. The Labute approximate surface area is 209 Å². The highest BCUT2D eigenvalue weighted by atomic mass is 32.1. The molecule has 0 saturated carbocycles. The van der Waals surface area contributed by atoms with E-state index in [1.54, 1.807) is 12.4 Å². The topological polar surface area (TPSA) is 75.1 Å². The molecule has 176 valence electrons. The molecule has 2 atom stereocenters. The first kappa shape index (κ1) is 22.7. The van der Waals surface area contributed by atoms with Gasteiger partial charge in [0.05, 0.1) is 11.7 Å². The summed E-state index contributed by atoms with van der Waals surface area (Å²) in [5.74, 6) is 0.819.